The molecule has 1 fully saturated rings. The molecule has 1 aromatic rings. The second-order valence-electron chi connectivity index (χ2n) is 5.18. The molecule has 2 N–H and O–H groups in total. The minimum Gasteiger partial charge on any atom is -0.396 e. The minimum absolute atomic E-state index is 0.150. The Morgan fingerprint density at radius 3 is 2.56 bits per heavy atom. The Morgan fingerprint density at radius 2 is 2.06 bits per heavy atom. The maximum absolute atomic E-state index is 9.39. The molecule has 0 saturated heterocycles. The topological polar surface area (TPSA) is 32.3 Å². The highest BCUT2D eigenvalue weighted by Gasteiger charge is 2.35. The van der Waals surface area contributed by atoms with E-state index >= 15 is 0 Å². The molecule has 2 heteroatoms. The molecule has 1 aromatic carbocycles. The zero-order valence-corrected chi connectivity index (χ0v) is 10.2. The van der Waals surface area contributed by atoms with Crippen molar-refractivity contribution in [1.29, 1.82) is 0 Å². The van der Waals surface area contributed by atoms with Crippen LogP contribution in [0.1, 0.15) is 30.4 Å². The predicted octanol–water partition coefficient (Wildman–Crippen LogP) is 2.88. The lowest BCUT2D eigenvalue weighted by Crippen LogP contribution is -2.39. The van der Waals surface area contributed by atoms with Crippen LogP contribution in [0.15, 0.2) is 18.2 Å². The fourth-order valence-electron chi connectivity index (χ4n) is 2.36. The molecule has 88 valence electrons. The number of hydrogen-bond acceptors (Lipinski definition) is 2. The Labute approximate surface area is 97.7 Å². The maximum Gasteiger partial charge on any atom is 0.0504 e. The van der Waals surface area contributed by atoms with E-state index < -0.39 is 0 Å². The molecule has 0 amide bonds. The van der Waals surface area contributed by atoms with Crippen LogP contribution in [0.2, 0.25) is 0 Å². The summed E-state index contributed by atoms with van der Waals surface area (Å²) in [6, 6.07) is 6.45. The van der Waals surface area contributed by atoms with Crippen molar-refractivity contribution in [2.45, 2.75) is 33.1 Å². The van der Waals surface area contributed by atoms with Crippen molar-refractivity contribution >= 4 is 5.69 Å². The van der Waals surface area contributed by atoms with Crippen LogP contribution in [0.4, 0.5) is 5.69 Å². The zero-order chi connectivity index (χ0) is 11.6. The first-order valence-electron chi connectivity index (χ1n) is 6.07. The number of anilines is 1. The summed E-state index contributed by atoms with van der Waals surface area (Å²) >= 11 is 0. The van der Waals surface area contributed by atoms with Crippen LogP contribution in [0.5, 0.6) is 0 Å². The van der Waals surface area contributed by atoms with E-state index in [0.717, 1.165) is 19.4 Å². The van der Waals surface area contributed by atoms with E-state index in [0.29, 0.717) is 6.61 Å². The fraction of sp³-hybridized carbons (Fsp3) is 0.571. The summed E-state index contributed by atoms with van der Waals surface area (Å²) in [5, 5.41) is 12.9. The molecule has 1 saturated carbocycles. The van der Waals surface area contributed by atoms with E-state index in [2.05, 4.69) is 37.4 Å². The monoisotopic (exact) mass is 219 g/mol. The third-order valence-electron chi connectivity index (χ3n) is 3.79. The summed E-state index contributed by atoms with van der Waals surface area (Å²) in [6.45, 7) is 5.44. The average molecular weight is 219 g/mol. The quantitative estimate of drug-likeness (QED) is 0.816. The van der Waals surface area contributed by atoms with Crippen molar-refractivity contribution in [3.8, 4) is 0 Å². The Bertz CT molecular complexity index is 363. The van der Waals surface area contributed by atoms with E-state index in [-0.39, 0.29) is 5.41 Å². The molecule has 0 atom stereocenters. The highest BCUT2D eigenvalue weighted by Crippen LogP contribution is 2.40. The molecule has 16 heavy (non-hydrogen) atoms. The molecule has 0 radical (unpaired) electrons. The number of benzene rings is 1. The highest BCUT2D eigenvalue weighted by atomic mass is 16.3. The van der Waals surface area contributed by atoms with Crippen LogP contribution in [0.3, 0.4) is 0 Å². The largest absolute Gasteiger partial charge is 0.396 e. The number of hydrogen-bond donors (Lipinski definition) is 2. The number of aliphatic hydroxyl groups is 1. The Hall–Kier alpha value is -1.02. The summed E-state index contributed by atoms with van der Waals surface area (Å²) in [6.07, 6.45) is 3.57. The molecular formula is C14H21NO. The summed E-state index contributed by atoms with van der Waals surface area (Å²) < 4.78 is 0. The smallest absolute Gasteiger partial charge is 0.0504 e. The van der Waals surface area contributed by atoms with E-state index in [1.807, 2.05) is 0 Å². The van der Waals surface area contributed by atoms with Crippen LogP contribution in [0, 0.1) is 19.3 Å². The van der Waals surface area contributed by atoms with Crippen LogP contribution in [-0.4, -0.2) is 18.3 Å². The Kier molecular flexibility index (Phi) is 3.20. The van der Waals surface area contributed by atoms with Crippen LogP contribution in [0.25, 0.3) is 0 Å². The third kappa shape index (κ3) is 2.22. The van der Waals surface area contributed by atoms with Gasteiger partial charge in [-0.25, -0.2) is 0 Å². The van der Waals surface area contributed by atoms with E-state index in [1.165, 1.54) is 23.2 Å². The van der Waals surface area contributed by atoms with E-state index in [1.54, 1.807) is 0 Å². The standard InChI is InChI=1S/C14H21NO/c1-11-4-5-13(12(2)8-11)15-9-14(10-16)6-3-7-14/h4-5,8,15-16H,3,6-7,9-10H2,1-2H3. The van der Waals surface area contributed by atoms with Gasteiger partial charge in [0.05, 0.1) is 6.61 Å². The van der Waals surface area contributed by atoms with Gasteiger partial charge < -0.3 is 10.4 Å². The molecule has 0 aromatic heterocycles. The summed E-state index contributed by atoms with van der Waals surface area (Å²) in [7, 11) is 0. The molecule has 1 aliphatic rings. The van der Waals surface area contributed by atoms with Gasteiger partial charge in [0.1, 0.15) is 0 Å². The molecule has 2 rings (SSSR count). The predicted molar refractivity (Wildman–Crippen MR) is 67.8 cm³/mol. The van der Waals surface area contributed by atoms with Crippen molar-refractivity contribution in [1.82, 2.24) is 0 Å². The van der Waals surface area contributed by atoms with Gasteiger partial charge in [0.25, 0.3) is 0 Å². The number of rotatable bonds is 4. The second kappa shape index (κ2) is 4.46. The minimum atomic E-state index is 0.150. The van der Waals surface area contributed by atoms with Gasteiger partial charge in [-0.1, -0.05) is 24.1 Å². The van der Waals surface area contributed by atoms with Gasteiger partial charge >= 0.3 is 0 Å². The van der Waals surface area contributed by atoms with E-state index in [9.17, 15) is 5.11 Å². The van der Waals surface area contributed by atoms with Crippen LogP contribution < -0.4 is 5.32 Å². The summed E-state index contributed by atoms with van der Waals surface area (Å²) in [5.41, 5.74) is 3.93. The first-order chi connectivity index (χ1) is 7.65. The zero-order valence-electron chi connectivity index (χ0n) is 10.2. The van der Waals surface area contributed by atoms with Crippen LogP contribution >= 0.6 is 0 Å². The second-order valence-corrected chi connectivity index (χ2v) is 5.18. The summed E-state index contributed by atoms with van der Waals surface area (Å²) in [4.78, 5) is 0. The Balaban J connectivity index is 1.99. The van der Waals surface area contributed by atoms with Crippen molar-refractivity contribution in [3.63, 3.8) is 0 Å². The van der Waals surface area contributed by atoms with Crippen molar-refractivity contribution in [2.75, 3.05) is 18.5 Å². The first kappa shape index (κ1) is 11.5. The number of nitrogens with one attached hydrogen (secondary N) is 1. The molecule has 0 aliphatic heterocycles. The number of aliphatic hydroxyl groups excluding tert-OH is 1. The van der Waals surface area contributed by atoms with Crippen LogP contribution in [-0.2, 0) is 0 Å². The molecule has 0 spiro atoms. The maximum atomic E-state index is 9.39. The fourth-order valence-corrected chi connectivity index (χ4v) is 2.36. The molecule has 0 bridgehead atoms. The normalized spacial score (nSPS) is 17.9. The van der Waals surface area contributed by atoms with E-state index in [4.69, 9.17) is 0 Å². The SMILES string of the molecule is Cc1ccc(NCC2(CO)CCC2)c(C)c1. The first-order valence-corrected chi connectivity index (χ1v) is 6.07. The third-order valence-corrected chi connectivity index (χ3v) is 3.79. The lowest BCUT2D eigenvalue weighted by atomic mass is 9.69. The molecule has 1 aliphatic carbocycles. The lowest BCUT2D eigenvalue weighted by Gasteiger charge is -2.40. The van der Waals surface area contributed by atoms with Gasteiger partial charge in [0.2, 0.25) is 0 Å². The van der Waals surface area contributed by atoms with Gasteiger partial charge in [-0.05, 0) is 38.3 Å². The number of aryl methyl sites for hydroxylation is 2. The highest BCUT2D eigenvalue weighted by molar-refractivity contribution is 5.52. The Morgan fingerprint density at radius 1 is 1.31 bits per heavy atom. The molecule has 2 nitrogen and oxygen atoms in total. The molecular weight excluding hydrogens is 198 g/mol. The average Bonchev–Trinajstić information content (AvgIpc) is 2.19. The van der Waals surface area contributed by atoms with Gasteiger partial charge in [-0.3, -0.25) is 0 Å². The molecule has 0 unspecified atom stereocenters. The van der Waals surface area contributed by atoms with Gasteiger partial charge in [0, 0.05) is 17.6 Å². The van der Waals surface area contributed by atoms with Crippen molar-refractivity contribution in [2.24, 2.45) is 5.41 Å². The van der Waals surface area contributed by atoms with Gasteiger partial charge in [-0.15, -0.1) is 0 Å². The van der Waals surface area contributed by atoms with Gasteiger partial charge in [-0.2, -0.15) is 0 Å². The molecule has 0 heterocycles. The summed E-state index contributed by atoms with van der Waals surface area (Å²) in [5.74, 6) is 0. The van der Waals surface area contributed by atoms with Crippen molar-refractivity contribution < 1.29 is 5.11 Å². The van der Waals surface area contributed by atoms with Gasteiger partial charge in [0.15, 0.2) is 0 Å². The lowest BCUT2D eigenvalue weighted by molar-refractivity contribution is 0.0576. The van der Waals surface area contributed by atoms with Crippen molar-refractivity contribution in [3.05, 3.63) is 29.3 Å².